The van der Waals surface area contributed by atoms with Crippen molar-refractivity contribution in [1.82, 2.24) is 9.97 Å². The Morgan fingerprint density at radius 2 is 1.95 bits per heavy atom. The van der Waals surface area contributed by atoms with E-state index in [-0.39, 0.29) is 23.0 Å². The smallest absolute Gasteiger partial charge is 0.231 e. The van der Waals surface area contributed by atoms with Crippen molar-refractivity contribution < 1.29 is 14.3 Å². The molecule has 0 saturated heterocycles. The van der Waals surface area contributed by atoms with Crippen molar-refractivity contribution in [2.75, 3.05) is 6.61 Å². The van der Waals surface area contributed by atoms with Gasteiger partial charge in [0, 0.05) is 11.8 Å². The fraction of sp³-hybridized carbons (Fsp3) is 0.200. The van der Waals surface area contributed by atoms with Gasteiger partial charge in [0.25, 0.3) is 0 Å². The van der Waals surface area contributed by atoms with E-state index in [1.165, 1.54) is 12.4 Å². The maximum absolute atomic E-state index is 12.5. The maximum Gasteiger partial charge on any atom is 0.231 e. The van der Waals surface area contributed by atoms with Crippen molar-refractivity contribution in [2.45, 2.75) is 13.8 Å². The summed E-state index contributed by atoms with van der Waals surface area (Å²) in [7, 11) is 0. The van der Waals surface area contributed by atoms with Gasteiger partial charge in [-0.1, -0.05) is 0 Å². The number of pyridine rings is 2. The van der Waals surface area contributed by atoms with E-state index in [4.69, 9.17) is 4.74 Å². The highest BCUT2D eigenvalue weighted by Gasteiger charge is 2.34. The monoisotopic (exact) mass is 268 g/mol. The molecule has 0 N–H and O–H groups in total. The third kappa shape index (κ3) is 1.63. The van der Waals surface area contributed by atoms with Crippen LogP contribution in [0.25, 0.3) is 0 Å². The molecule has 0 aliphatic heterocycles. The van der Waals surface area contributed by atoms with Crippen LogP contribution in [0.5, 0.6) is 5.75 Å². The van der Waals surface area contributed by atoms with Crippen LogP contribution in [0.15, 0.2) is 24.5 Å². The number of ether oxygens (including phenoxy) is 1. The van der Waals surface area contributed by atoms with Crippen LogP contribution < -0.4 is 4.74 Å². The van der Waals surface area contributed by atoms with Gasteiger partial charge in [-0.2, -0.15) is 0 Å². The minimum Gasteiger partial charge on any atom is -0.492 e. The van der Waals surface area contributed by atoms with E-state index in [9.17, 15) is 9.59 Å². The summed E-state index contributed by atoms with van der Waals surface area (Å²) in [4.78, 5) is 33.0. The molecule has 0 radical (unpaired) electrons. The summed E-state index contributed by atoms with van der Waals surface area (Å²) < 4.78 is 5.43. The quantitative estimate of drug-likeness (QED) is 0.710. The fourth-order valence-corrected chi connectivity index (χ4v) is 2.35. The van der Waals surface area contributed by atoms with Crippen LogP contribution in [0.1, 0.15) is 44.6 Å². The van der Waals surface area contributed by atoms with Gasteiger partial charge in [0.2, 0.25) is 5.78 Å². The second-order valence-corrected chi connectivity index (χ2v) is 4.46. The van der Waals surface area contributed by atoms with Crippen molar-refractivity contribution >= 4 is 11.6 Å². The minimum absolute atomic E-state index is 0.155. The van der Waals surface area contributed by atoms with Crippen molar-refractivity contribution in [1.29, 1.82) is 0 Å². The first kappa shape index (κ1) is 12.5. The number of carbonyl (C=O) groups excluding carboxylic acids is 2. The van der Waals surface area contributed by atoms with Crippen LogP contribution in [-0.4, -0.2) is 28.1 Å². The van der Waals surface area contributed by atoms with E-state index in [1.54, 1.807) is 19.1 Å². The Hall–Kier alpha value is -2.56. The van der Waals surface area contributed by atoms with Crippen molar-refractivity contribution in [2.24, 2.45) is 0 Å². The molecule has 0 atom stereocenters. The van der Waals surface area contributed by atoms with Gasteiger partial charge in [0.05, 0.1) is 23.9 Å². The molecule has 1 aliphatic rings. The number of carbonyl (C=O) groups is 2. The largest absolute Gasteiger partial charge is 0.492 e. The molecular weight excluding hydrogens is 256 g/mol. The zero-order chi connectivity index (χ0) is 14.3. The van der Waals surface area contributed by atoms with Gasteiger partial charge < -0.3 is 4.74 Å². The Bertz CT molecular complexity index is 738. The number of rotatable bonds is 2. The summed E-state index contributed by atoms with van der Waals surface area (Å²) in [6, 6.07) is 3.25. The Morgan fingerprint density at radius 1 is 1.15 bits per heavy atom. The summed E-state index contributed by atoms with van der Waals surface area (Å²) in [6.45, 7) is 4.09. The molecule has 0 unspecified atom stereocenters. The molecule has 2 aromatic rings. The van der Waals surface area contributed by atoms with Gasteiger partial charge in [-0.15, -0.1) is 0 Å². The Morgan fingerprint density at radius 3 is 2.70 bits per heavy atom. The second-order valence-electron chi connectivity index (χ2n) is 4.46. The average molecular weight is 268 g/mol. The predicted octanol–water partition coefficient (Wildman–Crippen LogP) is 1.96. The lowest BCUT2D eigenvalue weighted by Gasteiger charge is -2.18. The van der Waals surface area contributed by atoms with Crippen molar-refractivity contribution in [3.05, 3.63) is 52.6 Å². The lowest BCUT2D eigenvalue weighted by atomic mass is 9.88. The summed E-state index contributed by atoms with van der Waals surface area (Å²) in [5, 5.41) is 0. The third-order valence-electron chi connectivity index (χ3n) is 3.30. The molecule has 5 heteroatoms. The number of hydrogen-bond donors (Lipinski definition) is 0. The standard InChI is InChI=1S/C15H12N2O3/c1-3-20-10-7-17-13-11(8(10)2)14(18)9-5-4-6-16-12(9)15(13)19/h4-7H,3H2,1-2H3. The number of nitrogens with zero attached hydrogens (tertiary/aromatic N) is 2. The van der Waals surface area contributed by atoms with E-state index < -0.39 is 0 Å². The van der Waals surface area contributed by atoms with E-state index >= 15 is 0 Å². The fourth-order valence-electron chi connectivity index (χ4n) is 2.35. The van der Waals surface area contributed by atoms with Crippen molar-refractivity contribution in [3.63, 3.8) is 0 Å². The van der Waals surface area contributed by atoms with Crippen LogP contribution in [0, 0.1) is 6.92 Å². The summed E-state index contributed by atoms with van der Waals surface area (Å²) in [6.07, 6.45) is 2.98. The Balaban J connectivity index is 2.26. The molecule has 0 amide bonds. The van der Waals surface area contributed by atoms with Crippen LogP contribution in [0.2, 0.25) is 0 Å². The number of ketones is 2. The van der Waals surface area contributed by atoms with Gasteiger partial charge in [-0.05, 0) is 26.0 Å². The first-order chi connectivity index (χ1) is 9.65. The molecule has 2 heterocycles. The maximum atomic E-state index is 12.5. The first-order valence-corrected chi connectivity index (χ1v) is 6.32. The van der Waals surface area contributed by atoms with Crippen LogP contribution in [-0.2, 0) is 0 Å². The normalized spacial score (nSPS) is 12.9. The molecule has 100 valence electrons. The summed E-state index contributed by atoms with van der Waals surface area (Å²) in [5.74, 6) is -0.0182. The molecule has 2 aromatic heterocycles. The number of hydrogen-bond acceptors (Lipinski definition) is 5. The summed E-state index contributed by atoms with van der Waals surface area (Å²) in [5.41, 5.74) is 1.61. The lowest BCUT2D eigenvalue weighted by molar-refractivity contribution is 0.0970. The molecule has 0 saturated carbocycles. The lowest BCUT2D eigenvalue weighted by Crippen LogP contribution is -2.24. The predicted molar refractivity (Wildman–Crippen MR) is 71.2 cm³/mol. The topological polar surface area (TPSA) is 69.2 Å². The Kier molecular flexibility index (Phi) is 2.82. The van der Waals surface area contributed by atoms with E-state index in [1.807, 2.05) is 6.92 Å². The molecule has 5 nitrogen and oxygen atoms in total. The van der Waals surface area contributed by atoms with Gasteiger partial charge in [0.15, 0.2) is 5.78 Å². The highest BCUT2D eigenvalue weighted by molar-refractivity contribution is 6.27. The highest BCUT2D eigenvalue weighted by atomic mass is 16.5. The zero-order valence-corrected chi connectivity index (χ0v) is 11.1. The second kappa shape index (κ2) is 4.52. The molecule has 3 rings (SSSR count). The first-order valence-electron chi connectivity index (χ1n) is 6.32. The van der Waals surface area contributed by atoms with Gasteiger partial charge in [-0.25, -0.2) is 4.98 Å². The Labute approximate surface area is 115 Å². The molecular formula is C15H12N2O3. The van der Waals surface area contributed by atoms with E-state index in [0.29, 0.717) is 29.0 Å². The summed E-state index contributed by atoms with van der Waals surface area (Å²) >= 11 is 0. The molecule has 0 fully saturated rings. The van der Waals surface area contributed by atoms with Crippen LogP contribution in [0.3, 0.4) is 0 Å². The SMILES string of the molecule is CCOc1cnc2c(c1C)C(=O)c1cccnc1C2=O. The third-order valence-corrected chi connectivity index (χ3v) is 3.30. The molecule has 20 heavy (non-hydrogen) atoms. The molecule has 0 bridgehead atoms. The zero-order valence-electron chi connectivity index (χ0n) is 11.1. The number of aromatic nitrogens is 2. The van der Waals surface area contributed by atoms with Gasteiger partial charge in [-0.3, -0.25) is 14.6 Å². The van der Waals surface area contributed by atoms with Crippen LogP contribution in [0.4, 0.5) is 0 Å². The molecule has 0 spiro atoms. The number of fused-ring (bicyclic) bond motifs is 2. The molecule has 1 aliphatic carbocycles. The van der Waals surface area contributed by atoms with E-state index in [0.717, 1.165) is 0 Å². The average Bonchev–Trinajstić information content (AvgIpc) is 2.47. The van der Waals surface area contributed by atoms with Gasteiger partial charge in [0.1, 0.15) is 17.1 Å². The van der Waals surface area contributed by atoms with Crippen LogP contribution >= 0.6 is 0 Å². The highest BCUT2D eigenvalue weighted by Crippen LogP contribution is 2.31. The van der Waals surface area contributed by atoms with Gasteiger partial charge >= 0.3 is 0 Å². The molecule has 0 aromatic carbocycles. The van der Waals surface area contributed by atoms with Crippen molar-refractivity contribution in [3.8, 4) is 5.75 Å². The van der Waals surface area contributed by atoms with E-state index in [2.05, 4.69) is 9.97 Å². The minimum atomic E-state index is -0.318.